The van der Waals surface area contributed by atoms with Crippen molar-refractivity contribution in [1.29, 1.82) is 0 Å². The second-order valence-corrected chi connectivity index (χ2v) is 5.37. The number of nitrogens with one attached hydrogen (secondary N) is 1. The van der Waals surface area contributed by atoms with E-state index in [1.165, 1.54) is 12.1 Å². The summed E-state index contributed by atoms with van der Waals surface area (Å²) >= 11 is 2.84. The smallest absolute Gasteiger partial charge is 0.322 e. The summed E-state index contributed by atoms with van der Waals surface area (Å²) in [4.78, 5) is 12.0. The van der Waals surface area contributed by atoms with E-state index in [1.54, 1.807) is 24.3 Å². The van der Waals surface area contributed by atoms with Crippen LogP contribution in [0, 0.1) is 6.92 Å². The van der Waals surface area contributed by atoms with Crippen molar-refractivity contribution < 1.29 is 18.0 Å². The first-order valence-electron chi connectivity index (χ1n) is 6.02. The molecule has 1 N–H and O–H groups in total. The molecule has 2 aromatic rings. The van der Waals surface area contributed by atoms with Crippen molar-refractivity contribution in [1.82, 2.24) is 0 Å². The number of amides is 1. The number of carbonyl (C=O) groups is 1. The van der Waals surface area contributed by atoms with Gasteiger partial charge < -0.3 is 5.32 Å². The Morgan fingerprint density at radius 3 is 2.29 bits per heavy atom. The molecule has 0 aliphatic rings. The van der Waals surface area contributed by atoms with Crippen LogP contribution in [0.15, 0.2) is 46.9 Å². The van der Waals surface area contributed by atoms with Crippen LogP contribution in [0.2, 0.25) is 0 Å². The lowest BCUT2D eigenvalue weighted by molar-refractivity contribution is -0.138. The highest BCUT2D eigenvalue weighted by atomic mass is 79.9. The van der Waals surface area contributed by atoms with E-state index >= 15 is 0 Å². The van der Waals surface area contributed by atoms with Gasteiger partial charge in [-0.3, -0.25) is 4.79 Å². The lowest BCUT2D eigenvalue weighted by Crippen LogP contribution is -2.14. The molecular formula is C15H11BrF3NO. The maximum absolute atomic E-state index is 12.8. The molecule has 2 nitrogen and oxygen atoms in total. The molecule has 0 bridgehead atoms. The zero-order valence-corrected chi connectivity index (χ0v) is 12.5. The van der Waals surface area contributed by atoms with Crippen LogP contribution < -0.4 is 5.32 Å². The van der Waals surface area contributed by atoms with E-state index in [0.29, 0.717) is 5.69 Å². The largest absolute Gasteiger partial charge is 0.417 e. The molecule has 110 valence electrons. The van der Waals surface area contributed by atoms with Gasteiger partial charge in [0.2, 0.25) is 0 Å². The van der Waals surface area contributed by atoms with Crippen molar-refractivity contribution in [3.8, 4) is 0 Å². The minimum Gasteiger partial charge on any atom is -0.322 e. The molecule has 0 atom stereocenters. The normalized spacial score (nSPS) is 11.3. The van der Waals surface area contributed by atoms with Gasteiger partial charge in [0.15, 0.2) is 0 Å². The van der Waals surface area contributed by atoms with E-state index in [4.69, 9.17) is 0 Å². The molecule has 2 aromatic carbocycles. The van der Waals surface area contributed by atoms with Crippen LogP contribution in [-0.2, 0) is 6.18 Å². The third-order valence-electron chi connectivity index (χ3n) is 2.84. The average molecular weight is 358 g/mol. The standard InChI is InChI=1S/C15H11BrF3NO/c1-9-2-5-11(6-3-9)20-14(21)10-4-7-13(16)12(8-10)15(17,18)19/h2-8H,1H3,(H,20,21). The van der Waals surface area contributed by atoms with Gasteiger partial charge in [0.1, 0.15) is 0 Å². The Balaban J connectivity index is 2.25. The van der Waals surface area contributed by atoms with Gasteiger partial charge in [-0.2, -0.15) is 13.2 Å². The Kier molecular flexibility index (Phi) is 4.37. The number of anilines is 1. The zero-order chi connectivity index (χ0) is 15.6. The SMILES string of the molecule is Cc1ccc(NC(=O)c2ccc(Br)c(C(F)(F)F)c2)cc1. The summed E-state index contributed by atoms with van der Waals surface area (Å²) in [6, 6.07) is 10.4. The molecule has 6 heteroatoms. The lowest BCUT2D eigenvalue weighted by atomic mass is 10.1. The van der Waals surface area contributed by atoms with Gasteiger partial charge in [-0.15, -0.1) is 0 Å². The Labute approximate surface area is 128 Å². The van der Waals surface area contributed by atoms with Crippen molar-refractivity contribution >= 4 is 27.5 Å². The molecule has 0 spiro atoms. The second kappa shape index (κ2) is 5.89. The number of benzene rings is 2. The van der Waals surface area contributed by atoms with Crippen molar-refractivity contribution in [3.63, 3.8) is 0 Å². The van der Waals surface area contributed by atoms with Crippen molar-refractivity contribution in [2.75, 3.05) is 5.32 Å². The van der Waals surface area contributed by atoms with Gasteiger partial charge >= 0.3 is 6.18 Å². The molecule has 2 rings (SSSR count). The molecular weight excluding hydrogens is 347 g/mol. The minimum atomic E-state index is -4.51. The first kappa shape index (κ1) is 15.6. The Morgan fingerprint density at radius 2 is 1.71 bits per heavy atom. The Bertz CT molecular complexity index is 666. The first-order valence-corrected chi connectivity index (χ1v) is 6.81. The predicted octanol–water partition coefficient (Wildman–Crippen LogP) is 5.03. The van der Waals surface area contributed by atoms with E-state index < -0.39 is 17.6 Å². The van der Waals surface area contributed by atoms with Crippen LogP contribution >= 0.6 is 15.9 Å². The lowest BCUT2D eigenvalue weighted by Gasteiger charge is -2.11. The van der Waals surface area contributed by atoms with Crippen LogP contribution in [0.25, 0.3) is 0 Å². The number of alkyl halides is 3. The molecule has 0 fully saturated rings. The van der Waals surface area contributed by atoms with Crippen LogP contribution in [0.5, 0.6) is 0 Å². The molecule has 0 unspecified atom stereocenters. The topological polar surface area (TPSA) is 29.1 Å². The summed E-state index contributed by atoms with van der Waals surface area (Å²) in [5.41, 5.74) is 0.628. The number of halogens is 4. The van der Waals surface area contributed by atoms with Crippen LogP contribution in [0.1, 0.15) is 21.5 Å². The third kappa shape index (κ3) is 3.85. The van der Waals surface area contributed by atoms with Crippen molar-refractivity contribution in [3.05, 3.63) is 63.6 Å². The molecule has 0 heterocycles. The predicted molar refractivity (Wildman–Crippen MR) is 78.3 cm³/mol. The molecule has 0 aliphatic heterocycles. The molecule has 0 aromatic heterocycles. The minimum absolute atomic E-state index is 0.0499. The Morgan fingerprint density at radius 1 is 1.10 bits per heavy atom. The van der Waals surface area contributed by atoms with Crippen molar-refractivity contribution in [2.45, 2.75) is 13.1 Å². The fourth-order valence-corrected chi connectivity index (χ4v) is 2.20. The summed E-state index contributed by atoms with van der Waals surface area (Å²) in [7, 11) is 0. The summed E-state index contributed by atoms with van der Waals surface area (Å²) in [5, 5.41) is 2.56. The number of hydrogen-bond acceptors (Lipinski definition) is 1. The third-order valence-corrected chi connectivity index (χ3v) is 3.53. The molecule has 0 saturated heterocycles. The fourth-order valence-electron chi connectivity index (χ4n) is 1.72. The second-order valence-electron chi connectivity index (χ2n) is 4.51. The van der Waals surface area contributed by atoms with Gasteiger partial charge in [0.25, 0.3) is 5.91 Å². The summed E-state index contributed by atoms with van der Waals surface area (Å²) in [6.07, 6.45) is -4.51. The van der Waals surface area contributed by atoms with Gasteiger partial charge in [0, 0.05) is 15.7 Å². The van der Waals surface area contributed by atoms with Gasteiger partial charge in [-0.05, 0) is 37.3 Å². The molecule has 0 radical (unpaired) electrons. The highest BCUT2D eigenvalue weighted by molar-refractivity contribution is 9.10. The fraction of sp³-hybridized carbons (Fsp3) is 0.133. The maximum atomic E-state index is 12.8. The van der Waals surface area contributed by atoms with Crippen LogP contribution in [-0.4, -0.2) is 5.91 Å². The number of aryl methyl sites for hydroxylation is 1. The monoisotopic (exact) mass is 357 g/mol. The van der Waals surface area contributed by atoms with E-state index in [-0.39, 0.29) is 10.0 Å². The zero-order valence-electron chi connectivity index (χ0n) is 11.0. The average Bonchev–Trinajstić information content (AvgIpc) is 2.40. The summed E-state index contributed by atoms with van der Waals surface area (Å²) in [6.45, 7) is 1.90. The molecule has 0 saturated carbocycles. The van der Waals surface area contributed by atoms with Gasteiger partial charge in [-0.25, -0.2) is 0 Å². The molecule has 1 amide bonds. The molecule has 0 aliphatic carbocycles. The van der Waals surface area contributed by atoms with Gasteiger partial charge in [0.05, 0.1) is 5.56 Å². The van der Waals surface area contributed by atoms with E-state index in [1.807, 2.05) is 6.92 Å². The van der Waals surface area contributed by atoms with Crippen LogP contribution in [0.3, 0.4) is 0 Å². The molecule has 21 heavy (non-hydrogen) atoms. The highest BCUT2D eigenvalue weighted by Gasteiger charge is 2.33. The Hall–Kier alpha value is -1.82. The van der Waals surface area contributed by atoms with E-state index in [2.05, 4.69) is 21.2 Å². The maximum Gasteiger partial charge on any atom is 0.417 e. The number of carbonyl (C=O) groups excluding carboxylic acids is 1. The van der Waals surface area contributed by atoms with E-state index in [9.17, 15) is 18.0 Å². The number of hydrogen-bond donors (Lipinski definition) is 1. The van der Waals surface area contributed by atoms with E-state index in [0.717, 1.165) is 11.6 Å². The quantitative estimate of drug-likeness (QED) is 0.802. The first-order chi connectivity index (χ1) is 9.77. The van der Waals surface area contributed by atoms with Crippen LogP contribution in [0.4, 0.5) is 18.9 Å². The highest BCUT2D eigenvalue weighted by Crippen LogP contribution is 2.35. The summed E-state index contributed by atoms with van der Waals surface area (Å²) in [5.74, 6) is -0.586. The number of rotatable bonds is 2. The van der Waals surface area contributed by atoms with Crippen molar-refractivity contribution in [2.24, 2.45) is 0 Å². The summed E-state index contributed by atoms with van der Waals surface area (Å²) < 4.78 is 38.3. The van der Waals surface area contributed by atoms with Gasteiger partial charge in [-0.1, -0.05) is 33.6 Å².